The quantitative estimate of drug-likeness (QED) is 0.0802. The van der Waals surface area contributed by atoms with Crippen molar-refractivity contribution < 1.29 is 76.3 Å². The second-order valence-corrected chi connectivity index (χ2v) is 27.7. The summed E-state index contributed by atoms with van der Waals surface area (Å²) in [4.78, 5) is 133. The Balaban J connectivity index is 1.54. The number of fused-ring (bicyclic) bond motifs is 1. The summed E-state index contributed by atoms with van der Waals surface area (Å²) in [5.41, 5.74) is 5.70. The molecule has 514 valence electrons. The monoisotopic (exact) mass is 1360 g/mol. The van der Waals surface area contributed by atoms with Crippen LogP contribution in [-0.4, -0.2) is 125 Å². The number of aromatic nitrogens is 4. The van der Waals surface area contributed by atoms with Gasteiger partial charge in [-0.2, -0.15) is 0 Å². The molecule has 0 amide bonds. The Bertz CT molecular complexity index is 5530. The van der Waals surface area contributed by atoms with Gasteiger partial charge in [0.15, 0.2) is 0 Å². The molecule has 0 radical (unpaired) electrons. The normalized spacial score (nSPS) is 11.9. The van der Waals surface area contributed by atoms with Gasteiger partial charge < -0.3 is 52.8 Å². The third kappa shape index (κ3) is 11.7. The standard InChI is InChI=1S/C81H74N4O16/c1-79(2,3)41-24-18-38(19-25-41)60-63-44-30-52(71(86)94-10)54(73(88)96-12)32-46(44)65(82-63)61(39-20-26-42(27-21-39)80(4,5)6)67-48-34-56(75(90)98-14)58(77(92)100-16)36-50(48)69(84-67)70-51-37-59(78(93)101-17)57(76(91)99-15)35-49(51)68(85-70)62(40-22-28-43(29-23-40)81(7,8)9)66-47-33-55(74(89)97-13)53(72(87)95-11)31-45(47)64(60)83-66/h18-37,82-84H,1-17H3. The molecule has 10 aromatic rings. The Morgan fingerprint density at radius 1 is 0.267 bits per heavy atom. The summed E-state index contributed by atoms with van der Waals surface area (Å²) in [5.74, 6) is -7.11. The van der Waals surface area contributed by atoms with Gasteiger partial charge >= 0.3 is 47.8 Å². The summed E-state index contributed by atoms with van der Waals surface area (Å²) in [6.07, 6.45) is 0. The highest BCUT2D eigenvalue weighted by Gasteiger charge is 2.35. The molecule has 101 heavy (non-hydrogen) atoms. The predicted octanol–water partition coefficient (Wildman–Crippen LogP) is 16.5. The number of rotatable bonds is 11. The van der Waals surface area contributed by atoms with Gasteiger partial charge in [0.1, 0.15) is 0 Å². The maximum absolute atomic E-state index is 14.5. The fraction of sp³-hybridized carbons (Fsp3) is 0.247. The van der Waals surface area contributed by atoms with E-state index >= 15 is 0 Å². The SMILES string of the molecule is COC(=O)c1cc2c(cc1C(=O)OC)-c1nc-2c(-c2ccc(C(C)(C)C)cc2)c2[nH]c(c(-c3ccc(C(C)(C)C)cc3)c3[nH]c(c(-c4ccc(C(C)(C)C)cc4)c4[nH]c1c1cc(C(=O)OC)c(C(=O)OC)cc41)c1cc(C(=O)OC)c(C(=O)OC)cc31)c1cc(C(=O)OC)c(C(=O)OC)cc21. The molecule has 20 heteroatoms. The van der Waals surface area contributed by atoms with E-state index in [-0.39, 0.29) is 94.2 Å². The highest BCUT2D eigenvalue weighted by molar-refractivity contribution is 6.29. The number of carbonyl (C=O) groups excluding carboxylic acids is 8. The summed E-state index contributed by atoms with van der Waals surface area (Å²) in [6.45, 7) is 18.7. The first-order chi connectivity index (χ1) is 47.9. The average molecular weight is 1360 g/mol. The third-order valence-electron chi connectivity index (χ3n) is 18.8. The van der Waals surface area contributed by atoms with E-state index in [1.165, 1.54) is 81.1 Å². The molecule has 1 aliphatic heterocycles. The van der Waals surface area contributed by atoms with Crippen molar-refractivity contribution in [3.63, 3.8) is 0 Å². The molecule has 2 aliphatic rings. The number of nitrogens with zero attached hydrogens (tertiary/aromatic N) is 1. The van der Waals surface area contributed by atoms with E-state index in [2.05, 4.69) is 77.3 Å². The van der Waals surface area contributed by atoms with Crippen molar-refractivity contribution in [2.24, 2.45) is 0 Å². The molecule has 8 bridgehead atoms. The zero-order chi connectivity index (χ0) is 72.8. The Kier molecular flexibility index (Phi) is 17.6. The minimum atomic E-state index is -0.904. The first-order valence-corrected chi connectivity index (χ1v) is 32.3. The summed E-state index contributed by atoms with van der Waals surface area (Å²) in [7, 11) is 9.50. The molecular weight excluding hydrogens is 1280 g/mol. The average Bonchev–Trinajstić information content (AvgIpc) is 1.55. The molecule has 1 aliphatic carbocycles. The van der Waals surface area contributed by atoms with Gasteiger partial charge in [0.2, 0.25) is 0 Å². The van der Waals surface area contributed by atoms with E-state index in [4.69, 9.17) is 42.9 Å². The largest absolute Gasteiger partial charge is 0.465 e. The fourth-order valence-corrected chi connectivity index (χ4v) is 13.5. The zero-order valence-corrected chi connectivity index (χ0v) is 59.0. The number of hydrogen-bond donors (Lipinski definition) is 3. The highest BCUT2D eigenvalue weighted by atomic mass is 16.5. The van der Waals surface area contributed by atoms with Crippen molar-refractivity contribution in [1.82, 2.24) is 19.9 Å². The first-order valence-electron chi connectivity index (χ1n) is 32.3. The van der Waals surface area contributed by atoms with Gasteiger partial charge in [0.05, 0.1) is 146 Å². The molecule has 0 fully saturated rings. The molecule has 20 nitrogen and oxygen atoms in total. The zero-order valence-electron chi connectivity index (χ0n) is 59.0. The minimum Gasteiger partial charge on any atom is -0.465 e. The molecule has 3 aromatic heterocycles. The van der Waals surface area contributed by atoms with Crippen LogP contribution in [0.4, 0.5) is 0 Å². The van der Waals surface area contributed by atoms with Crippen molar-refractivity contribution >= 4 is 113 Å². The number of hydrogen-bond acceptors (Lipinski definition) is 17. The Morgan fingerprint density at radius 3 is 0.703 bits per heavy atom. The van der Waals surface area contributed by atoms with E-state index in [1.54, 1.807) is 24.3 Å². The second-order valence-electron chi connectivity index (χ2n) is 27.7. The van der Waals surface area contributed by atoms with Gasteiger partial charge in [-0.05, 0) is 98.2 Å². The molecule has 0 atom stereocenters. The van der Waals surface area contributed by atoms with Gasteiger partial charge in [0.25, 0.3) is 0 Å². The maximum atomic E-state index is 14.5. The van der Waals surface area contributed by atoms with E-state index in [0.717, 1.165) is 16.7 Å². The van der Waals surface area contributed by atoms with Crippen molar-refractivity contribution in [2.45, 2.75) is 78.6 Å². The second kappa shape index (κ2) is 25.7. The van der Waals surface area contributed by atoms with Crippen LogP contribution >= 0.6 is 0 Å². The Labute approximate surface area is 580 Å². The first kappa shape index (κ1) is 69.0. The summed E-state index contributed by atoms with van der Waals surface area (Å²) < 4.78 is 43.5. The number of benzene rings is 7. The number of methoxy groups -OCH3 is 8. The number of aromatic amines is 3. The number of H-pyrrole nitrogens is 3. The molecule has 12 rings (SSSR count). The fourth-order valence-electron chi connectivity index (χ4n) is 13.5. The minimum absolute atomic E-state index is 0.133. The lowest BCUT2D eigenvalue weighted by atomic mass is 9.85. The highest BCUT2D eigenvalue weighted by Crippen LogP contribution is 2.51. The van der Waals surface area contributed by atoms with Crippen LogP contribution < -0.4 is 0 Å². The van der Waals surface area contributed by atoms with Crippen molar-refractivity contribution in [3.8, 4) is 55.9 Å². The van der Waals surface area contributed by atoms with E-state index in [9.17, 15) is 38.4 Å². The predicted molar refractivity (Wildman–Crippen MR) is 386 cm³/mol. The molecule has 0 spiro atoms. The smallest absolute Gasteiger partial charge is 0.338 e. The van der Waals surface area contributed by atoms with Crippen LogP contribution in [0, 0.1) is 0 Å². The number of carbonyl (C=O) groups is 8. The lowest BCUT2D eigenvalue weighted by molar-refractivity contribution is 0.0555. The number of nitrogens with one attached hydrogen (secondary N) is 3. The van der Waals surface area contributed by atoms with Crippen molar-refractivity contribution in [2.75, 3.05) is 56.9 Å². The molecule has 0 saturated carbocycles. The van der Waals surface area contributed by atoms with Crippen LogP contribution in [-0.2, 0) is 54.1 Å². The summed E-state index contributed by atoms with van der Waals surface area (Å²) in [5, 5.41) is 1.94. The van der Waals surface area contributed by atoms with Crippen molar-refractivity contribution in [3.05, 3.63) is 183 Å². The van der Waals surface area contributed by atoms with E-state index < -0.39 is 47.8 Å². The number of esters is 8. The molecule has 4 heterocycles. The van der Waals surface area contributed by atoms with Gasteiger partial charge in [-0.1, -0.05) is 135 Å². The van der Waals surface area contributed by atoms with E-state index in [1.807, 2.05) is 72.8 Å². The summed E-state index contributed by atoms with van der Waals surface area (Å²) in [6, 6.07) is 35.7. The van der Waals surface area contributed by atoms with Gasteiger partial charge in [-0.25, -0.2) is 43.3 Å². The van der Waals surface area contributed by atoms with Crippen LogP contribution in [0.15, 0.2) is 121 Å². The van der Waals surface area contributed by atoms with Crippen LogP contribution in [0.1, 0.15) is 162 Å². The molecule has 0 saturated heterocycles. The topological polar surface area (TPSA) is 271 Å². The summed E-state index contributed by atoms with van der Waals surface area (Å²) >= 11 is 0. The van der Waals surface area contributed by atoms with Crippen LogP contribution in [0.3, 0.4) is 0 Å². The van der Waals surface area contributed by atoms with Crippen LogP contribution in [0.5, 0.6) is 0 Å². The molecular formula is C81H74N4O16. The third-order valence-corrected chi connectivity index (χ3v) is 18.8. The van der Waals surface area contributed by atoms with Crippen LogP contribution in [0.25, 0.3) is 121 Å². The van der Waals surface area contributed by atoms with Crippen LogP contribution in [0.2, 0.25) is 0 Å². The number of ether oxygens (including phenoxy) is 8. The Hall–Kier alpha value is -11.9. The Morgan fingerprint density at radius 2 is 0.465 bits per heavy atom. The lowest BCUT2D eigenvalue weighted by Gasteiger charge is -2.19. The molecule has 0 unspecified atom stereocenters. The maximum Gasteiger partial charge on any atom is 0.338 e. The van der Waals surface area contributed by atoms with Gasteiger partial charge in [0, 0.05) is 60.1 Å². The molecule has 7 aromatic carbocycles. The van der Waals surface area contributed by atoms with E-state index in [0.29, 0.717) is 87.9 Å². The molecule has 3 N–H and O–H groups in total. The van der Waals surface area contributed by atoms with Gasteiger partial charge in [-0.15, -0.1) is 0 Å². The van der Waals surface area contributed by atoms with Gasteiger partial charge in [-0.3, -0.25) is 0 Å². The lowest BCUT2D eigenvalue weighted by Crippen LogP contribution is -2.12. The van der Waals surface area contributed by atoms with Crippen molar-refractivity contribution in [1.29, 1.82) is 0 Å².